The van der Waals surface area contributed by atoms with Crippen LogP contribution in [0.25, 0.3) is 0 Å². The molecule has 1 amide bonds. The summed E-state index contributed by atoms with van der Waals surface area (Å²) in [5.41, 5.74) is 0. The van der Waals surface area contributed by atoms with Crippen LogP contribution in [0.15, 0.2) is 35.0 Å². The third-order valence-corrected chi connectivity index (χ3v) is 5.26. The first-order chi connectivity index (χ1) is 9.74. The number of rotatable bonds is 6. The molecule has 0 bridgehead atoms. The average molecular weight is 306 g/mol. The maximum atomic E-state index is 12.1. The molecule has 2 N–H and O–H groups in total. The van der Waals surface area contributed by atoms with Gasteiger partial charge in [0.05, 0.1) is 12.1 Å². The SMILES string of the molecule is CC(NC(c1cccs1)c1cccs1)C(=O)NC1CC1. The van der Waals surface area contributed by atoms with Gasteiger partial charge in [0.2, 0.25) is 5.91 Å². The first-order valence-corrected chi connectivity index (χ1v) is 8.63. The zero-order valence-electron chi connectivity index (χ0n) is 11.3. The van der Waals surface area contributed by atoms with Gasteiger partial charge in [-0.2, -0.15) is 0 Å². The van der Waals surface area contributed by atoms with E-state index in [1.165, 1.54) is 9.75 Å². The molecule has 2 aromatic rings. The number of hydrogen-bond acceptors (Lipinski definition) is 4. The Bertz CT molecular complexity index is 512. The van der Waals surface area contributed by atoms with Crippen molar-refractivity contribution in [2.45, 2.75) is 37.9 Å². The zero-order chi connectivity index (χ0) is 13.9. The third kappa shape index (κ3) is 3.29. The minimum absolute atomic E-state index is 0.102. The second-order valence-corrected chi connectivity index (χ2v) is 7.09. The predicted octanol–water partition coefficient (Wildman–Crippen LogP) is 3.16. The third-order valence-electron chi connectivity index (χ3n) is 3.39. The summed E-state index contributed by atoms with van der Waals surface area (Å²) >= 11 is 3.44. The monoisotopic (exact) mass is 306 g/mol. The van der Waals surface area contributed by atoms with Crippen LogP contribution in [0.1, 0.15) is 35.6 Å². The van der Waals surface area contributed by atoms with Crippen molar-refractivity contribution in [2.75, 3.05) is 0 Å². The Balaban J connectivity index is 1.71. The summed E-state index contributed by atoms with van der Waals surface area (Å²) in [6.45, 7) is 1.94. The van der Waals surface area contributed by atoms with Crippen molar-refractivity contribution in [2.24, 2.45) is 0 Å². The van der Waals surface area contributed by atoms with E-state index in [2.05, 4.69) is 45.7 Å². The molecule has 20 heavy (non-hydrogen) atoms. The lowest BCUT2D eigenvalue weighted by molar-refractivity contribution is -0.123. The second kappa shape index (κ2) is 6.08. The molecule has 1 aliphatic carbocycles. The van der Waals surface area contributed by atoms with Gasteiger partial charge < -0.3 is 5.32 Å². The molecule has 0 radical (unpaired) electrons. The first kappa shape index (κ1) is 13.8. The molecule has 2 aromatic heterocycles. The van der Waals surface area contributed by atoms with Crippen LogP contribution < -0.4 is 10.6 Å². The normalized spacial score (nSPS) is 16.3. The maximum Gasteiger partial charge on any atom is 0.237 e. The summed E-state index contributed by atoms with van der Waals surface area (Å²) in [4.78, 5) is 14.6. The number of thiophene rings is 2. The van der Waals surface area contributed by atoms with Crippen molar-refractivity contribution in [3.8, 4) is 0 Å². The van der Waals surface area contributed by atoms with Crippen LogP contribution in [0.5, 0.6) is 0 Å². The van der Waals surface area contributed by atoms with Gasteiger partial charge in [-0.3, -0.25) is 10.1 Å². The number of carbonyl (C=O) groups is 1. The van der Waals surface area contributed by atoms with E-state index in [-0.39, 0.29) is 18.0 Å². The van der Waals surface area contributed by atoms with Gasteiger partial charge in [-0.1, -0.05) is 12.1 Å². The minimum Gasteiger partial charge on any atom is -0.352 e. The van der Waals surface area contributed by atoms with E-state index in [0.29, 0.717) is 6.04 Å². The summed E-state index contributed by atoms with van der Waals surface area (Å²) < 4.78 is 0. The lowest BCUT2D eigenvalue weighted by atomic mass is 10.1. The van der Waals surface area contributed by atoms with Gasteiger partial charge in [-0.05, 0) is 42.7 Å². The Kier molecular flexibility index (Phi) is 4.19. The second-order valence-electron chi connectivity index (χ2n) is 5.14. The molecule has 1 aliphatic rings. The molecule has 1 saturated carbocycles. The lowest BCUT2D eigenvalue weighted by Gasteiger charge is -2.21. The molecule has 0 aliphatic heterocycles. The number of carbonyl (C=O) groups excluding carboxylic acids is 1. The van der Waals surface area contributed by atoms with Crippen LogP contribution in [0.3, 0.4) is 0 Å². The summed E-state index contributed by atoms with van der Waals surface area (Å²) in [5, 5.41) is 10.7. The Labute approximate surface area is 127 Å². The van der Waals surface area contributed by atoms with Crippen molar-refractivity contribution >= 4 is 28.6 Å². The molecule has 0 spiro atoms. The fourth-order valence-electron chi connectivity index (χ4n) is 2.10. The van der Waals surface area contributed by atoms with Crippen LogP contribution in [0.2, 0.25) is 0 Å². The Morgan fingerprint density at radius 1 is 1.20 bits per heavy atom. The standard InChI is InChI=1S/C15H18N2OS2/c1-10(15(18)17-11-6-7-11)16-14(12-4-2-8-19-12)13-5-3-9-20-13/h2-5,8-11,14,16H,6-7H2,1H3,(H,17,18). The van der Waals surface area contributed by atoms with Gasteiger partial charge in [0.15, 0.2) is 0 Å². The highest BCUT2D eigenvalue weighted by molar-refractivity contribution is 7.11. The van der Waals surface area contributed by atoms with Crippen LogP contribution >= 0.6 is 22.7 Å². The molecule has 3 nitrogen and oxygen atoms in total. The highest BCUT2D eigenvalue weighted by Crippen LogP contribution is 2.29. The van der Waals surface area contributed by atoms with Gasteiger partial charge in [0.25, 0.3) is 0 Å². The molecule has 106 valence electrons. The van der Waals surface area contributed by atoms with Crippen molar-refractivity contribution in [1.29, 1.82) is 0 Å². The van der Waals surface area contributed by atoms with E-state index in [4.69, 9.17) is 0 Å². The number of amides is 1. The van der Waals surface area contributed by atoms with Crippen LogP contribution in [0, 0.1) is 0 Å². The fourth-order valence-corrected chi connectivity index (χ4v) is 3.77. The molecule has 3 rings (SSSR count). The molecule has 1 unspecified atom stereocenters. The molecular formula is C15H18N2OS2. The highest BCUT2D eigenvalue weighted by Gasteiger charge is 2.27. The predicted molar refractivity (Wildman–Crippen MR) is 84.2 cm³/mol. The summed E-state index contributed by atoms with van der Waals surface area (Å²) in [6, 6.07) is 8.67. The van der Waals surface area contributed by atoms with Gasteiger partial charge in [-0.15, -0.1) is 22.7 Å². The van der Waals surface area contributed by atoms with Gasteiger partial charge >= 0.3 is 0 Å². The largest absolute Gasteiger partial charge is 0.352 e. The quantitative estimate of drug-likeness (QED) is 0.861. The highest BCUT2D eigenvalue weighted by atomic mass is 32.1. The fraction of sp³-hybridized carbons (Fsp3) is 0.400. The van der Waals surface area contributed by atoms with E-state index in [9.17, 15) is 4.79 Å². The smallest absolute Gasteiger partial charge is 0.237 e. The van der Waals surface area contributed by atoms with Crippen LogP contribution in [-0.4, -0.2) is 18.0 Å². The lowest BCUT2D eigenvalue weighted by Crippen LogP contribution is -2.44. The van der Waals surface area contributed by atoms with Gasteiger partial charge in [0, 0.05) is 15.8 Å². The Hall–Kier alpha value is -1.17. The molecule has 1 fully saturated rings. The summed E-state index contributed by atoms with van der Waals surface area (Å²) in [7, 11) is 0. The molecule has 1 atom stereocenters. The van der Waals surface area contributed by atoms with E-state index in [0.717, 1.165) is 12.8 Å². The molecule has 0 aromatic carbocycles. The molecule has 0 saturated heterocycles. The van der Waals surface area contributed by atoms with Crippen LogP contribution in [0.4, 0.5) is 0 Å². The van der Waals surface area contributed by atoms with Crippen molar-refractivity contribution in [3.63, 3.8) is 0 Å². The van der Waals surface area contributed by atoms with E-state index in [1.807, 2.05) is 6.92 Å². The zero-order valence-corrected chi connectivity index (χ0v) is 13.0. The summed E-state index contributed by atoms with van der Waals surface area (Å²) in [6.07, 6.45) is 2.25. The van der Waals surface area contributed by atoms with Crippen LogP contribution in [-0.2, 0) is 4.79 Å². The minimum atomic E-state index is -0.190. The van der Waals surface area contributed by atoms with Gasteiger partial charge in [0.1, 0.15) is 0 Å². The maximum absolute atomic E-state index is 12.1. The average Bonchev–Trinajstić information content (AvgIpc) is 2.96. The Morgan fingerprint density at radius 2 is 1.80 bits per heavy atom. The van der Waals surface area contributed by atoms with E-state index < -0.39 is 0 Å². The van der Waals surface area contributed by atoms with E-state index in [1.54, 1.807) is 22.7 Å². The first-order valence-electron chi connectivity index (χ1n) is 6.87. The molecule has 5 heteroatoms. The van der Waals surface area contributed by atoms with Crippen molar-refractivity contribution in [3.05, 3.63) is 44.8 Å². The van der Waals surface area contributed by atoms with E-state index >= 15 is 0 Å². The topological polar surface area (TPSA) is 41.1 Å². The van der Waals surface area contributed by atoms with Crippen molar-refractivity contribution in [1.82, 2.24) is 10.6 Å². The molecule has 2 heterocycles. The summed E-state index contributed by atoms with van der Waals surface area (Å²) in [5.74, 6) is 0.102. The number of hydrogen-bond donors (Lipinski definition) is 2. The van der Waals surface area contributed by atoms with Gasteiger partial charge in [-0.25, -0.2) is 0 Å². The van der Waals surface area contributed by atoms with Crippen molar-refractivity contribution < 1.29 is 4.79 Å². The number of nitrogens with one attached hydrogen (secondary N) is 2. The molecular weight excluding hydrogens is 288 g/mol. The Morgan fingerprint density at radius 3 is 2.25 bits per heavy atom.